The first-order valence-corrected chi connectivity index (χ1v) is 4.81. The molecule has 0 bridgehead atoms. The van der Waals surface area contributed by atoms with E-state index in [1.807, 2.05) is 0 Å². The van der Waals surface area contributed by atoms with Crippen LogP contribution in [0.25, 0.3) is 21.5 Å². The minimum Gasteiger partial charge on any atom is -0.107 e. The smallest absolute Gasteiger partial charge is 0.0178 e. The minimum absolute atomic E-state index is 0. The fourth-order valence-corrected chi connectivity index (χ4v) is 1.88. The summed E-state index contributed by atoms with van der Waals surface area (Å²) in [7, 11) is 0. The quantitative estimate of drug-likeness (QED) is 0.420. The number of hydrogen-bond donors (Lipinski definition) is 0. The van der Waals surface area contributed by atoms with Crippen molar-refractivity contribution in [3.8, 4) is 0 Å². The molecule has 0 atom stereocenters. The lowest BCUT2D eigenvalue weighted by atomic mass is 10.0. The van der Waals surface area contributed by atoms with Gasteiger partial charge in [-0.3, -0.25) is 0 Å². The van der Waals surface area contributed by atoms with Gasteiger partial charge < -0.3 is 0 Å². The van der Waals surface area contributed by atoms with E-state index in [9.17, 15) is 0 Å². The summed E-state index contributed by atoms with van der Waals surface area (Å²) in [5.41, 5.74) is 0. The SMILES string of the molecule is I.c1ccc2cc3ccccc3cc2c1. The Morgan fingerprint density at radius 2 is 0.733 bits per heavy atom. The average Bonchev–Trinajstić information content (AvgIpc) is 2.26. The van der Waals surface area contributed by atoms with E-state index in [-0.39, 0.29) is 24.0 Å². The fourth-order valence-electron chi connectivity index (χ4n) is 1.88. The van der Waals surface area contributed by atoms with Crippen LogP contribution in [-0.4, -0.2) is 0 Å². The van der Waals surface area contributed by atoms with Gasteiger partial charge in [-0.15, -0.1) is 24.0 Å². The maximum Gasteiger partial charge on any atom is -0.0178 e. The Bertz CT molecular complexity index is 494. The molecular formula is C14H11I. The van der Waals surface area contributed by atoms with Crippen LogP contribution in [0.1, 0.15) is 0 Å². The molecule has 0 N–H and O–H groups in total. The second kappa shape index (κ2) is 4.19. The molecule has 0 unspecified atom stereocenters. The van der Waals surface area contributed by atoms with Gasteiger partial charge in [0.2, 0.25) is 0 Å². The number of benzene rings is 3. The van der Waals surface area contributed by atoms with Gasteiger partial charge >= 0.3 is 0 Å². The van der Waals surface area contributed by atoms with Crippen molar-refractivity contribution in [2.75, 3.05) is 0 Å². The van der Waals surface area contributed by atoms with E-state index in [1.165, 1.54) is 21.5 Å². The van der Waals surface area contributed by atoms with Gasteiger partial charge in [-0.1, -0.05) is 48.5 Å². The van der Waals surface area contributed by atoms with Gasteiger partial charge in [0, 0.05) is 0 Å². The van der Waals surface area contributed by atoms with Crippen molar-refractivity contribution in [3.63, 3.8) is 0 Å². The maximum atomic E-state index is 2.24. The van der Waals surface area contributed by atoms with Crippen LogP contribution >= 0.6 is 24.0 Å². The summed E-state index contributed by atoms with van der Waals surface area (Å²) in [5.74, 6) is 0. The molecule has 0 aliphatic rings. The number of halogens is 1. The first-order chi connectivity index (χ1) is 6.93. The Morgan fingerprint density at radius 1 is 0.467 bits per heavy atom. The van der Waals surface area contributed by atoms with Crippen LogP contribution in [0, 0.1) is 0 Å². The van der Waals surface area contributed by atoms with Crippen molar-refractivity contribution >= 4 is 45.5 Å². The number of hydrogen-bond acceptors (Lipinski definition) is 0. The van der Waals surface area contributed by atoms with Crippen molar-refractivity contribution in [2.45, 2.75) is 0 Å². The number of rotatable bonds is 0. The molecule has 1 heteroatoms. The van der Waals surface area contributed by atoms with Crippen LogP contribution in [0.2, 0.25) is 0 Å². The highest BCUT2D eigenvalue weighted by molar-refractivity contribution is 14.0. The van der Waals surface area contributed by atoms with E-state index in [0.717, 1.165) is 0 Å². The predicted octanol–water partition coefficient (Wildman–Crippen LogP) is 4.61. The molecule has 15 heavy (non-hydrogen) atoms. The average molecular weight is 306 g/mol. The molecule has 3 aromatic rings. The lowest BCUT2D eigenvalue weighted by molar-refractivity contribution is 1.76. The van der Waals surface area contributed by atoms with Crippen LogP contribution in [-0.2, 0) is 0 Å². The largest absolute Gasteiger partial charge is 0.107 e. The van der Waals surface area contributed by atoms with Gasteiger partial charge in [-0.2, -0.15) is 0 Å². The van der Waals surface area contributed by atoms with E-state index in [0.29, 0.717) is 0 Å². The van der Waals surface area contributed by atoms with Gasteiger partial charge in [-0.05, 0) is 33.7 Å². The molecule has 0 amide bonds. The standard InChI is InChI=1S/C14H10.HI/c1-2-6-12-10-14-8-4-3-7-13(14)9-11(12)5-1;/h1-10H;1H. The van der Waals surface area contributed by atoms with Crippen LogP contribution in [0.5, 0.6) is 0 Å². The minimum atomic E-state index is 0. The molecule has 3 aromatic carbocycles. The maximum absolute atomic E-state index is 2.24. The molecule has 3 rings (SSSR count). The van der Waals surface area contributed by atoms with Gasteiger partial charge in [-0.25, -0.2) is 0 Å². The second-order valence-corrected chi connectivity index (χ2v) is 3.55. The molecule has 0 spiro atoms. The van der Waals surface area contributed by atoms with E-state index >= 15 is 0 Å². The third kappa shape index (κ3) is 1.84. The zero-order chi connectivity index (χ0) is 9.38. The summed E-state index contributed by atoms with van der Waals surface area (Å²) in [4.78, 5) is 0. The van der Waals surface area contributed by atoms with Crippen molar-refractivity contribution in [1.29, 1.82) is 0 Å². The summed E-state index contributed by atoms with van der Waals surface area (Å²) in [6, 6.07) is 21.4. The third-order valence-corrected chi connectivity index (χ3v) is 2.61. The normalized spacial score (nSPS) is 10.1. The Labute approximate surface area is 106 Å². The first kappa shape index (κ1) is 10.4. The van der Waals surface area contributed by atoms with Crippen LogP contribution in [0.3, 0.4) is 0 Å². The Kier molecular flexibility index (Phi) is 2.91. The van der Waals surface area contributed by atoms with Gasteiger partial charge in [0.15, 0.2) is 0 Å². The van der Waals surface area contributed by atoms with Crippen molar-refractivity contribution in [2.24, 2.45) is 0 Å². The van der Waals surface area contributed by atoms with Gasteiger partial charge in [0.25, 0.3) is 0 Å². The van der Waals surface area contributed by atoms with E-state index in [2.05, 4.69) is 60.7 Å². The third-order valence-electron chi connectivity index (χ3n) is 2.61. The molecule has 0 heterocycles. The second-order valence-electron chi connectivity index (χ2n) is 3.55. The highest BCUT2D eigenvalue weighted by Crippen LogP contribution is 2.21. The van der Waals surface area contributed by atoms with Crippen LogP contribution in [0.4, 0.5) is 0 Å². The van der Waals surface area contributed by atoms with E-state index < -0.39 is 0 Å². The van der Waals surface area contributed by atoms with E-state index in [4.69, 9.17) is 0 Å². The predicted molar refractivity (Wildman–Crippen MR) is 76.9 cm³/mol. The van der Waals surface area contributed by atoms with Gasteiger partial charge in [0.05, 0.1) is 0 Å². The molecule has 0 fully saturated rings. The first-order valence-electron chi connectivity index (χ1n) is 4.81. The highest BCUT2D eigenvalue weighted by Gasteiger charge is 1.95. The fraction of sp³-hybridized carbons (Fsp3) is 0. The van der Waals surface area contributed by atoms with Crippen LogP contribution in [0.15, 0.2) is 60.7 Å². The van der Waals surface area contributed by atoms with Crippen molar-refractivity contribution in [3.05, 3.63) is 60.7 Å². The lowest BCUT2D eigenvalue weighted by Gasteiger charge is -2.00. The van der Waals surface area contributed by atoms with Crippen LogP contribution < -0.4 is 0 Å². The zero-order valence-electron chi connectivity index (χ0n) is 8.18. The molecule has 0 aliphatic heterocycles. The Morgan fingerprint density at radius 3 is 1.00 bits per heavy atom. The van der Waals surface area contributed by atoms with E-state index in [1.54, 1.807) is 0 Å². The summed E-state index contributed by atoms with van der Waals surface area (Å²) < 4.78 is 0. The highest BCUT2D eigenvalue weighted by atomic mass is 127. The van der Waals surface area contributed by atoms with Crippen molar-refractivity contribution in [1.82, 2.24) is 0 Å². The Hall–Kier alpha value is -1.09. The topological polar surface area (TPSA) is 0 Å². The lowest BCUT2D eigenvalue weighted by Crippen LogP contribution is -1.74. The zero-order valence-corrected chi connectivity index (χ0v) is 10.5. The van der Waals surface area contributed by atoms with Gasteiger partial charge in [0.1, 0.15) is 0 Å². The summed E-state index contributed by atoms with van der Waals surface area (Å²) >= 11 is 0. The molecule has 0 nitrogen and oxygen atoms in total. The molecule has 0 radical (unpaired) electrons. The summed E-state index contributed by atoms with van der Waals surface area (Å²) in [5, 5.41) is 5.25. The molecule has 74 valence electrons. The summed E-state index contributed by atoms with van der Waals surface area (Å²) in [6.45, 7) is 0. The molecule has 0 saturated carbocycles. The Balaban J connectivity index is 0.000000853. The number of fused-ring (bicyclic) bond motifs is 2. The van der Waals surface area contributed by atoms with Crippen molar-refractivity contribution < 1.29 is 0 Å². The molecular weight excluding hydrogens is 295 g/mol. The molecule has 0 saturated heterocycles. The summed E-state index contributed by atoms with van der Waals surface area (Å²) in [6.07, 6.45) is 0. The monoisotopic (exact) mass is 306 g/mol. The molecule has 0 aromatic heterocycles. The molecule has 0 aliphatic carbocycles.